The van der Waals surface area contributed by atoms with Crippen LogP contribution in [0.2, 0.25) is 0 Å². The van der Waals surface area contributed by atoms with E-state index in [1.165, 1.54) is 6.26 Å². The van der Waals surface area contributed by atoms with Crippen molar-refractivity contribution in [3.63, 3.8) is 0 Å². The van der Waals surface area contributed by atoms with E-state index >= 15 is 0 Å². The Bertz CT molecular complexity index is 515. The lowest BCUT2D eigenvalue weighted by Crippen LogP contribution is -2.21. The molecule has 1 rings (SSSR count). The molecule has 1 unspecified atom stereocenters. The monoisotopic (exact) mass is 266 g/mol. The van der Waals surface area contributed by atoms with Gasteiger partial charge in [-0.15, -0.1) is 0 Å². The van der Waals surface area contributed by atoms with Gasteiger partial charge in [-0.2, -0.15) is 5.26 Å². The Kier molecular flexibility index (Phi) is 5.32. The van der Waals surface area contributed by atoms with Crippen molar-refractivity contribution in [2.24, 2.45) is 5.92 Å². The summed E-state index contributed by atoms with van der Waals surface area (Å²) in [5, 5.41) is 12.0. The van der Waals surface area contributed by atoms with Crippen LogP contribution in [0.3, 0.4) is 0 Å². The van der Waals surface area contributed by atoms with Crippen LogP contribution in [0.5, 0.6) is 0 Å². The van der Waals surface area contributed by atoms with E-state index in [9.17, 15) is 8.42 Å². The van der Waals surface area contributed by atoms with Crippen LogP contribution in [0.4, 0.5) is 0 Å². The quantitative estimate of drug-likeness (QED) is 0.851. The van der Waals surface area contributed by atoms with Crippen molar-refractivity contribution in [1.29, 1.82) is 5.26 Å². The van der Waals surface area contributed by atoms with Crippen LogP contribution in [-0.4, -0.2) is 21.2 Å². The van der Waals surface area contributed by atoms with Gasteiger partial charge in [-0.3, -0.25) is 0 Å². The van der Waals surface area contributed by atoms with Gasteiger partial charge in [0.25, 0.3) is 0 Å². The molecule has 0 amide bonds. The number of hydrogen-bond acceptors (Lipinski definition) is 4. The highest BCUT2D eigenvalue weighted by Gasteiger charge is 2.06. The third kappa shape index (κ3) is 4.47. The molecule has 0 spiro atoms. The van der Waals surface area contributed by atoms with Gasteiger partial charge in [-0.25, -0.2) is 8.42 Å². The number of benzene rings is 1. The molecule has 1 aromatic carbocycles. The Balaban J connectivity index is 2.53. The predicted octanol–water partition coefficient (Wildman–Crippen LogP) is 1.73. The number of rotatable bonds is 6. The van der Waals surface area contributed by atoms with Gasteiger partial charge in [0.2, 0.25) is 0 Å². The standard InChI is InChI=1S/C13H18N2O2S/c1-3-11(8-14)9-15-10-12-4-6-13(7-5-12)18(2,16)17/h4-7,11,15H,3,9-10H2,1-2H3. The van der Waals surface area contributed by atoms with Crippen LogP contribution in [0.15, 0.2) is 29.2 Å². The highest BCUT2D eigenvalue weighted by atomic mass is 32.2. The van der Waals surface area contributed by atoms with Crippen molar-refractivity contribution in [3.05, 3.63) is 29.8 Å². The smallest absolute Gasteiger partial charge is 0.175 e. The van der Waals surface area contributed by atoms with E-state index < -0.39 is 9.84 Å². The number of hydrogen-bond donors (Lipinski definition) is 1. The molecule has 4 nitrogen and oxygen atoms in total. The Hall–Kier alpha value is -1.38. The summed E-state index contributed by atoms with van der Waals surface area (Å²) in [7, 11) is -3.12. The molecule has 0 fully saturated rings. The normalized spacial score (nSPS) is 12.9. The molecule has 0 heterocycles. The summed E-state index contributed by atoms with van der Waals surface area (Å²) in [6.07, 6.45) is 2.02. The van der Waals surface area contributed by atoms with Crippen LogP contribution in [0.1, 0.15) is 18.9 Å². The second kappa shape index (κ2) is 6.53. The first-order chi connectivity index (χ1) is 8.47. The largest absolute Gasteiger partial charge is 0.311 e. The number of nitrogens with zero attached hydrogens (tertiary/aromatic N) is 1. The molecule has 98 valence electrons. The molecule has 0 bridgehead atoms. The molecular formula is C13H18N2O2S. The Morgan fingerprint density at radius 1 is 1.33 bits per heavy atom. The van der Waals surface area contributed by atoms with Crippen LogP contribution >= 0.6 is 0 Å². The first-order valence-corrected chi connectivity index (χ1v) is 7.76. The summed E-state index contributed by atoms with van der Waals surface area (Å²) < 4.78 is 22.5. The van der Waals surface area contributed by atoms with E-state index in [0.29, 0.717) is 18.0 Å². The molecule has 1 N–H and O–H groups in total. The van der Waals surface area contributed by atoms with E-state index in [2.05, 4.69) is 11.4 Å². The van der Waals surface area contributed by atoms with Gasteiger partial charge in [0.05, 0.1) is 16.9 Å². The topological polar surface area (TPSA) is 70.0 Å². The minimum atomic E-state index is -3.12. The highest BCUT2D eigenvalue weighted by Crippen LogP contribution is 2.10. The third-order valence-corrected chi connectivity index (χ3v) is 3.88. The molecule has 0 saturated heterocycles. The van der Waals surface area contributed by atoms with Crippen LogP contribution < -0.4 is 5.32 Å². The summed E-state index contributed by atoms with van der Waals surface area (Å²) in [5.74, 6) is 0.0280. The summed E-state index contributed by atoms with van der Waals surface area (Å²) >= 11 is 0. The molecule has 0 aliphatic carbocycles. The third-order valence-electron chi connectivity index (χ3n) is 2.75. The molecular weight excluding hydrogens is 248 g/mol. The summed E-state index contributed by atoms with van der Waals surface area (Å²) in [6, 6.07) is 9.01. The number of nitrogens with one attached hydrogen (secondary N) is 1. The molecule has 1 atom stereocenters. The van der Waals surface area contributed by atoms with Crippen LogP contribution in [0, 0.1) is 17.2 Å². The van der Waals surface area contributed by atoms with E-state index in [1.807, 2.05) is 6.92 Å². The molecule has 1 aromatic rings. The molecule has 5 heteroatoms. The van der Waals surface area contributed by atoms with Gasteiger partial charge in [-0.05, 0) is 24.1 Å². The van der Waals surface area contributed by atoms with Crippen molar-refractivity contribution in [2.45, 2.75) is 24.8 Å². The second-order valence-corrected chi connectivity index (χ2v) is 6.30. The van der Waals surface area contributed by atoms with Gasteiger partial charge in [-0.1, -0.05) is 19.1 Å². The van der Waals surface area contributed by atoms with Gasteiger partial charge in [0.15, 0.2) is 9.84 Å². The van der Waals surface area contributed by atoms with Crippen molar-refractivity contribution >= 4 is 9.84 Å². The van der Waals surface area contributed by atoms with Gasteiger partial charge in [0.1, 0.15) is 0 Å². The SMILES string of the molecule is CCC(C#N)CNCc1ccc(S(C)(=O)=O)cc1. The van der Waals surface area contributed by atoms with E-state index in [4.69, 9.17) is 5.26 Å². The number of sulfone groups is 1. The second-order valence-electron chi connectivity index (χ2n) is 4.28. The van der Waals surface area contributed by atoms with Gasteiger partial charge < -0.3 is 5.32 Å². The average Bonchev–Trinajstić information content (AvgIpc) is 2.34. The lowest BCUT2D eigenvalue weighted by molar-refractivity contribution is 0.553. The van der Waals surface area contributed by atoms with E-state index in [-0.39, 0.29) is 5.92 Å². The van der Waals surface area contributed by atoms with E-state index in [1.54, 1.807) is 24.3 Å². The maximum absolute atomic E-state index is 11.3. The lowest BCUT2D eigenvalue weighted by Gasteiger charge is -2.08. The van der Waals surface area contributed by atoms with Crippen molar-refractivity contribution in [3.8, 4) is 6.07 Å². The summed E-state index contributed by atoms with van der Waals surface area (Å²) in [4.78, 5) is 0.328. The summed E-state index contributed by atoms with van der Waals surface area (Å²) in [5.41, 5.74) is 1.01. The number of nitriles is 1. The zero-order valence-electron chi connectivity index (χ0n) is 10.7. The first-order valence-electron chi connectivity index (χ1n) is 5.86. The van der Waals surface area contributed by atoms with Crippen LogP contribution in [-0.2, 0) is 16.4 Å². The first kappa shape index (κ1) is 14.7. The van der Waals surface area contributed by atoms with Gasteiger partial charge in [0, 0.05) is 19.3 Å². The molecule has 0 aliphatic rings. The molecule has 0 aromatic heterocycles. The van der Waals surface area contributed by atoms with Crippen molar-refractivity contribution in [1.82, 2.24) is 5.32 Å². The Morgan fingerprint density at radius 2 is 1.94 bits per heavy atom. The zero-order chi connectivity index (χ0) is 13.6. The minimum Gasteiger partial charge on any atom is -0.311 e. The maximum atomic E-state index is 11.3. The van der Waals surface area contributed by atoms with Gasteiger partial charge >= 0.3 is 0 Å². The fraction of sp³-hybridized carbons (Fsp3) is 0.462. The molecule has 0 radical (unpaired) electrons. The lowest BCUT2D eigenvalue weighted by atomic mass is 10.1. The molecule has 0 aliphatic heterocycles. The molecule has 0 saturated carbocycles. The fourth-order valence-electron chi connectivity index (χ4n) is 1.53. The fourth-order valence-corrected chi connectivity index (χ4v) is 2.16. The maximum Gasteiger partial charge on any atom is 0.175 e. The van der Waals surface area contributed by atoms with Crippen molar-refractivity contribution in [2.75, 3.05) is 12.8 Å². The van der Waals surface area contributed by atoms with E-state index in [0.717, 1.165) is 12.0 Å². The van der Waals surface area contributed by atoms with Crippen LogP contribution in [0.25, 0.3) is 0 Å². The minimum absolute atomic E-state index is 0.0280. The molecule has 18 heavy (non-hydrogen) atoms. The van der Waals surface area contributed by atoms with Crippen molar-refractivity contribution < 1.29 is 8.42 Å². The average molecular weight is 266 g/mol. The predicted molar refractivity (Wildman–Crippen MR) is 70.7 cm³/mol. The summed E-state index contributed by atoms with van der Waals surface area (Å²) in [6.45, 7) is 3.28. The zero-order valence-corrected chi connectivity index (χ0v) is 11.5. The Labute approximate surface area is 109 Å². The Morgan fingerprint density at radius 3 is 2.39 bits per heavy atom. The highest BCUT2D eigenvalue weighted by molar-refractivity contribution is 7.90.